The fourth-order valence-electron chi connectivity index (χ4n) is 1.90. The third kappa shape index (κ3) is 6.30. The Bertz CT molecular complexity index is 611. The summed E-state index contributed by atoms with van der Waals surface area (Å²) >= 11 is 5.79. The second kappa shape index (κ2) is 9.18. The van der Waals surface area contributed by atoms with Gasteiger partial charge in [0.1, 0.15) is 5.75 Å². The van der Waals surface area contributed by atoms with Gasteiger partial charge in [-0.25, -0.2) is 0 Å². The van der Waals surface area contributed by atoms with Crippen LogP contribution in [-0.2, 0) is 22.7 Å². The Hall–Kier alpha value is -2.04. The highest BCUT2D eigenvalue weighted by atomic mass is 35.5. The average molecular weight is 334 g/mol. The van der Waals surface area contributed by atoms with Crippen molar-refractivity contribution in [3.8, 4) is 5.75 Å². The molecule has 23 heavy (non-hydrogen) atoms. The van der Waals surface area contributed by atoms with Gasteiger partial charge in [-0.15, -0.1) is 0 Å². The van der Waals surface area contributed by atoms with E-state index in [1.807, 2.05) is 31.2 Å². The number of hydrogen-bond donors (Lipinski definition) is 1. The molecule has 2 aromatic carbocycles. The van der Waals surface area contributed by atoms with Gasteiger partial charge >= 0.3 is 0 Å². The summed E-state index contributed by atoms with van der Waals surface area (Å²) in [5.74, 6) is 0.447. The van der Waals surface area contributed by atoms with Crippen molar-refractivity contribution in [1.29, 1.82) is 0 Å². The molecule has 0 unspecified atom stereocenters. The van der Waals surface area contributed by atoms with E-state index in [0.29, 0.717) is 30.5 Å². The molecule has 122 valence electrons. The Morgan fingerprint density at radius 3 is 2.35 bits per heavy atom. The second-order valence-corrected chi connectivity index (χ2v) is 5.41. The minimum Gasteiger partial charge on any atom is -0.484 e. The quantitative estimate of drug-likeness (QED) is 0.803. The smallest absolute Gasteiger partial charge is 0.258 e. The van der Waals surface area contributed by atoms with Crippen LogP contribution in [0.25, 0.3) is 0 Å². The average Bonchev–Trinajstić information content (AvgIpc) is 2.58. The number of hydrogen-bond acceptors (Lipinski definition) is 3. The van der Waals surface area contributed by atoms with Crippen LogP contribution in [0, 0.1) is 0 Å². The standard InChI is InChI=1S/C18H20ClNO3/c1-2-22-12-15-5-3-14(4-6-15)11-20-18(21)13-23-17-9-7-16(19)8-10-17/h3-10H,2,11-13H2,1H3,(H,20,21). The molecule has 1 amide bonds. The van der Waals surface area contributed by atoms with Crippen LogP contribution >= 0.6 is 11.6 Å². The molecule has 0 radical (unpaired) electrons. The molecule has 0 aliphatic carbocycles. The van der Waals surface area contributed by atoms with Gasteiger partial charge in [0.15, 0.2) is 6.61 Å². The lowest BCUT2D eigenvalue weighted by Crippen LogP contribution is -2.28. The monoisotopic (exact) mass is 333 g/mol. The van der Waals surface area contributed by atoms with E-state index in [1.54, 1.807) is 24.3 Å². The summed E-state index contributed by atoms with van der Waals surface area (Å²) in [7, 11) is 0. The van der Waals surface area contributed by atoms with Crippen molar-refractivity contribution in [3.63, 3.8) is 0 Å². The van der Waals surface area contributed by atoms with Gasteiger partial charge in [0.25, 0.3) is 5.91 Å². The first-order valence-electron chi connectivity index (χ1n) is 7.48. The second-order valence-electron chi connectivity index (χ2n) is 4.97. The third-order valence-electron chi connectivity index (χ3n) is 3.17. The zero-order valence-electron chi connectivity index (χ0n) is 13.0. The molecule has 0 saturated heterocycles. The number of benzene rings is 2. The normalized spacial score (nSPS) is 10.3. The molecule has 0 aromatic heterocycles. The summed E-state index contributed by atoms with van der Waals surface area (Å²) in [6, 6.07) is 14.9. The zero-order chi connectivity index (χ0) is 16.5. The van der Waals surface area contributed by atoms with Crippen LogP contribution in [0.15, 0.2) is 48.5 Å². The van der Waals surface area contributed by atoms with Gasteiger partial charge < -0.3 is 14.8 Å². The van der Waals surface area contributed by atoms with Crippen LogP contribution in [0.1, 0.15) is 18.1 Å². The minimum atomic E-state index is -0.168. The number of carbonyl (C=O) groups excluding carboxylic acids is 1. The highest BCUT2D eigenvalue weighted by molar-refractivity contribution is 6.30. The van der Waals surface area contributed by atoms with E-state index < -0.39 is 0 Å². The molecule has 1 N–H and O–H groups in total. The number of nitrogens with one attached hydrogen (secondary N) is 1. The van der Waals surface area contributed by atoms with Crippen LogP contribution in [-0.4, -0.2) is 19.1 Å². The van der Waals surface area contributed by atoms with Gasteiger partial charge in [0.05, 0.1) is 6.61 Å². The Labute approximate surface area is 141 Å². The lowest BCUT2D eigenvalue weighted by atomic mass is 10.1. The molecule has 0 saturated carbocycles. The number of amides is 1. The summed E-state index contributed by atoms with van der Waals surface area (Å²) in [6.07, 6.45) is 0. The molecule has 0 atom stereocenters. The molecule has 5 heteroatoms. The first kappa shape index (κ1) is 17.3. The lowest BCUT2D eigenvalue weighted by Gasteiger charge is -2.08. The van der Waals surface area contributed by atoms with Gasteiger partial charge in [-0.3, -0.25) is 4.79 Å². The molecule has 2 aromatic rings. The molecule has 2 rings (SSSR count). The maximum atomic E-state index is 11.8. The number of carbonyl (C=O) groups is 1. The fourth-order valence-corrected chi connectivity index (χ4v) is 2.03. The molecule has 0 spiro atoms. The summed E-state index contributed by atoms with van der Waals surface area (Å²) in [5, 5.41) is 3.46. The Morgan fingerprint density at radius 2 is 1.70 bits per heavy atom. The zero-order valence-corrected chi connectivity index (χ0v) is 13.8. The lowest BCUT2D eigenvalue weighted by molar-refractivity contribution is -0.123. The van der Waals surface area contributed by atoms with Crippen molar-refractivity contribution in [2.75, 3.05) is 13.2 Å². The van der Waals surface area contributed by atoms with E-state index in [-0.39, 0.29) is 12.5 Å². The van der Waals surface area contributed by atoms with E-state index >= 15 is 0 Å². The predicted octanol–water partition coefficient (Wildman–Crippen LogP) is 3.57. The molecule has 0 aliphatic heterocycles. The molecule has 0 bridgehead atoms. The summed E-state index contributed by atoms with van der Waals surface area (Å²) in [6.45, 7) is 3.72. The SMILES string of the molecule is CCOCc1ccc(CNC(=O)COc2ccc(Cl)cc2)cc1. The summed E-state index contributed by atoms with van der Waals surface area (Å²) in [4.78, 5) is 11.8. The molecule has 0 aliphatic rings. The highest BCUT2D eigenvalue weighted by Gasteiger charge is 2.03. The van der Waals surface area contributed by atoms with E-state index in [1.165, 1.54) is 0 Å². The predicted molar refractivity (Wildman–Crippen MR) is 90.6 cm³/mol. The molecule has 0 heterocycles. The first-order valence-corrected chi connectivity index (χ1v) is 7.86. The molecular weight excluding hydrogens is 314 g/mol. The van der Waals surface area contributed by atoms with Crippen LogP contribution in [0.4, 0.5) is 0 Å². The highest BCUT2D eigenvalue weighted by Crippen LogP contribution is 2.15. The van der Waals surface area contributed by atoms with Crippen LogP contribution < -0.4 is 10.1 Å². The van der Waals surface area contributed by atoms with E-state index in [9.17, 15) is 4.79 Å². The maximum Gasteiger partial charge on any atom is 0.258 e. The molecule has 4 nitrogen and oxygen atoms in total. The van der Waals surface area contributed by atoms with Crippen molar-refractivity contribution in [1.82, 2.24) is 5.32 Å². The van der Waals surface area contributed by atoms with Crippen molar-refractivity contribution in [2.24, 2.45) is 0 Å². The van der Waals surface area contributed by atoms with Gasteiger partial charge in [0.2, 0.25) is 0 Å². The van der Waals surface area contributed by atoms with Gasteiger partial charge in [-0.2, -0.15) is 0 Å². The van der Waals surface area contributed by atoms with E-state index in [2.05, 4.69) is 5.32 Å². The van der Waals surface area contributed by atoms with Crippen molar-refractivity contribution in [2.45, 2.75) is 20.1 Å². The van der Waals surface area contributed by atoms with Crippen LogP contribution in [0.5, 0.6) is 5.75 Å². The number of rotatable bonds is 8. The maximum absolute atomic E-state index is 11.8. The topological polar surface area (TPSA) is 47.6 Å². The summed E-state index contributed by atoms with van der Waals surface area (Å²) < 4.78 is 10.7. The van der Waals surface area contributed by atoms with E-state index in [0.717, 1.165) is 11.1 Å². The van der Waals surface area contributed by atoms with Gasteiger partial charge in [-0.05, 0) is 42.3 Å². The molecular formula is C18H20ClNO3. The largest absolute Gasteiger partial charge is 0.484 e. The van der Waals surface area contributed by atoms with Crippen molar-refractivity contribution in [3.05, 3.63) is 64.7 Å². The fraction of sp³-hybridized carbons (Fsp3) is 0.278. The Morgan fingerprint density at radius 1 is 1.04 bits per heavy atom. The van der Waals surface area contributed by atoms with Gasteiger partial charge in [0, 0.05) is 18.2 Å². The van der Waals surface area contributed by atoms with Gasteiger partial charge in [-0.1, -0.05) is 35.9 Å². The molecule has 0 fully saturated rings. The van der Waals surface area contributed by atoms with Crippen molar-refractivity contribution < 1.29 is 14.3 Å². The number of ether oxygens (including phenoxy) is 2. The van der Waals surface area contributed by atoms with E-state index in [4.69, 9.17) is 21.1 Å². The Balaban J connectivity index is 1.72. The van der Waals surface area contributed by atoms with Crippen LogP contribution in [0.2, 0.25) is 5.02 Å². The van der Waals surface area contributed by atoms with Crippen LogP contribution in [0.3, 0.4) is 0 Å². The first-order chi connectivity index (χ1) is 11.2. The number of halogens is 1. The minimum absolute atomic E-state index is 0.0238. The Kier molecular flexibility index (Phi) is 6.91. The van der Waals surface area contributed by atoms with Crippen molar-refractivity contribution >= 4 is 17.5 Å². The third-order valence-corrected chi connectivity index (χ3v) is 3.42. The summed E-state index contributed by atoms with van der Waals surface area (Å²) in [5.41, 5.74) is 2.15.